The van der Waals surface area contributed by atoms with E-state index in [1.54, 1.807) is 14.2 Å². The fraction of sp³-hybridized carbons (Fsp3) is 0.462. The number of carbonyl (C=O) groups excluding carboxylic acids is 1. The Morgan fingerprint density at radius 1 is 0.909 bits per heavy atom. The predicted molar refractivity (Wildman–Crippen MR) is 176 cm³/mol. The third-order valence-electron chi connectivity index (χ3n) is 9.78. The Bertz CT molecular complexity index is 1390. The Labute approximate surface area is 263 Å². The Morgan fingerprint density at radius 3 is 2.30 bits per heavy atom. The zero-order chi connectivity index (χ0) is 30.8. The lowest BCUT2D eigenvalue weighted by Gasteiger charge is -2.64. The third kappa shape index (κ3) is 7.44. The molecule has 2 saturated heterocycles. The molecule has 1 unspecified atom stereocenters. The number of aryl methyl sites for hydroxylation is 1. The summed E-state index contributed by atoms with van der Waals surface area (Å²) < 4.78 is 11.2. The second kappa shape index (κ2) is 15.5. The van der Waals surface area contributed by atoms with Gasteiger partial charge in [-0.15, -0.1) is 0 Å². The summed E-state index contributed by atoms with van der Waals surface area (Å²) >= 11 is 0. The van der Waals surface area contributed by atoms with Crippen molar-refractivity contribution >= 4 is 5.78 Å². The first-order valence-corrected chi connectivity index (χ1v) is 16.3. The molecule has 2 heterocycles. The van der Waals surface area contributed by atoms with Crippen molar-refractivity contribution < 1.29 is 19.4 Å². The van der Waals surface area contributed by atoms with E-state index in [0.29, 0.717) is 18.8 Å². The first-order chi connectivity index (χ1) is 21.6. The van der Waals surface area contributed by atoms with Crippen LogP contribution in [0.1, 0.15) is 79.5 Å². The van der Waals surface area contributed by atoms with Gasteiger partial charge in [-0.2, -0.15) is 0 Å². The average Bonchev–Trinajstić information content (AvgIpc) is 3.06. The van der Waals surface area contributed by atoms with Gasteiger partial charge in [0.2, 0.25) is 0 Å². The van der Waals surface area contributed by atoms with Gasteiger partial charge in [0, 0.05) is 42.5 Å². The summed E-state index contributed by atoms with van der Waals surface area (Å²) in [5, 5.41) is 10.5. The minimum Gasteiger partial charge on any atom is -0.497 e. The van der Waals surface area contributed by atoms with Gasteiger partial charge in [0.25, 0.3) is 0 Å². The largest absolute Gasteiger partial charge is 0.497 e. The molecule has 5 heteroatoms. The lowest BCUT2D eigenvalue weighted by Crippen LogP contribution is -2.74. The molecule has 3 aromatic rings. The van der Waals surface area contributed by atoms with E-state index < -0.39 is 0 Å². The fourth-order valence-corrected chi connectivity index (χ4v) is 7.58. The van der Waals surface area contributed by atoms with E-state index in [-0.39, 0.29) is 30.0 Å². The van der Waals surface area contributed by atoms with Crippen LogP contribution in [0.15, 0.2) is 78.9 Å². The van der Waals surface area contributed by atoms with Crippen molar-refractivity contribution in [3.63, 3.8) is 0 Å². The van der Waals surface area contributed by atoms with Gasteiger partial charge in [-0.05, 0) is 92.6 Å². The number of nitrogens with zero attached hydrogens (tertiary/aromatic N) is 1. The molecule has 5 rings (SSSR count). The van der Waals surface area contributed by atoms with E-state index in [2.05, 4.69) is 53.1 Å². The molecular formula is C39H47NO4. The predicted octanol–water partition coefficient (Wildman–Crippen LogP) is 6.80. The molecule has 0 aromatic heterocycles. The van der Waals surface area contributed by atoms with Crippen LogP contribution in [-0.2, 0) is 16.0 Å². The molecule has 2 aliphatic rings. The average molecular weight is 594 g/mol. The number of aliphatic hydroxyl groups is 1. The molecule has 44 heavy (non-hydrogen) atoms. The van der Waals surface area contributed by atoms with Gasteiger partial charge in [-0.1, -0.05) is 67.1 Å². The van der Waals surface area contributed by atoms with Gasteiger partial charge in [0.15, 0.2) is 0 Å². The minimum atomic E-state index is -0.182. The number of rotatable bonds is 10. The van der Waals surface area contributed by atoms with E-state index in [9.17, 15) is 9.90 Å². The van der Waals surface area contributed by atoms with Gasteiger partial charge < -0.3 is 14.6 Å². The smallest absolute Gasteiger partial charge is 0.135 e. The summed E-state index contributed by atoms with van der Waals surface area (Å²) in [5.41, 5.74) is 4.27. The van der Waals surface area contributed by atoms with E-state index in [0.717, 1.165) is 74.8 Å². The maximum atomic E-state index is 13.4. The zero-order valence-electron chi connectivity index (χ0n) is 26.3. The molecular weight excluding hydrogens is 546 g/mol. The molecule has 4 atom stereocenters. The van der Waals surface area contributed by atoms with Crippen LogP contribution in [0.5, 0.6) is 5.75 Å². The van der Waals surface area contributed by atoms with Crippen LogP contribution in [0.4, 0.5) is 0 Å². The molecule has 0 amide bonds. The zero-order valence-corrected chi connectivity index (χ0v) is 26.3. The van der Waals surface area contributed by atoms with Crippen molar-refractivity contribution in [2.75, 3.05) is 34.0 Å². The maximum absolute atomic E-state index is 13.4. The van der Waals surface area contributed by atoms with Gasteiger partial charge in [0.05, 0.1) is 25.9 Å². The summed E-state index contributed by atoms with van der Waals surface area (Å²) in [5.74, 6) is 8.11. The highest BCUT2D eigenvalue weighted by Gasteiger charge is 2.59. The van der Waals surface area contributed by atoms with Crippen LogP contribution in [0.2, 0.25) is 0 Å². The SMILES string of the molecule is COC[C@@]12CCCC(C(=O)CCCc3ccc(OC)cc3)CCCCN1[C@H](CO)[C@@H]2c1ccc(C#Cc2ccccc2)cc1. The first-order valence-electron chi connectivity index (χ1n) is 16.3. The van der Waals surface area contributed by atoms with E-state index in [1.807, 2.05) is 42.5 Å². The van der Waals surface area contributed by atoms with Gasteiger partial charge >= 0.3 is 0 Å². The molecule has 2 aliphatic heterocycles. The molecule has 232 valence electrons. The van der Waals surface area contributed by atoms with Gasteiger partial charge in [0.1, 0.15) is 11.5 Å². The van der Waals surface area contributed by atoms with Crippen LogP contribution < -0.4 is 4.74 Å². The summed E-state index contributed by atoms with van der Waals surface area (Å²) in [6.07, 6.45) is 8.31. The van der Waals surface area contributed by atoms with Crippen molar-refractivity contribution in [3.05, 3.63) is 101 Å². The highest BCUT2D eigenvalue weighted by Crippen LogP contribution is 2.52. The van der Waals surface area contributed by atoms with Crippen molar-refractivity contribution in [1.82, 2.24) is 4.90 Å². The van der Waals surface area contributed by atoms with Crippen molar-refractivity contribution in [1.29, 1.82) is 0 Å². The van der Waals surface area contributed by atoms with Crippen LogP contribution in [-0.4, -0.2) is 61.3 Å². The standard InChI is InChI=1S/C39H47NO4/c1-43-29-39-26-9-14-33(37(42)15-8-12-31-20-24-35(44-2)25-21-31)13-6-7-27-40(39)36(28-41)38(39)34-22-18-32(19-23-34)17-16-30-10-4-3-5-11-30/h3-5,10-11,18-25,33,36,38,41H,6-9,12-15,26-29H2,1-2H3/t33?,36-,38+,39-/m1/s1. The second-order valence-electron chi connectivity index (χ2n) is 12.4. The van der Waals surface area contributed by atoms with Gasteiger partial charge in [-0.25, -0.2) is 0 Å². The molecule has 5 nitrogen and oxygen atoms in total. The van der Waals surface area contributed by atoms with Crippen LogP contribution in [0.3, 0.4) is 0 Å². The number of hydrogen-bond acceptors (Lipinski definition) is 5. The van der Waals surface area contributed by atoms with E-state index in [1.165, 1.54) is 11.1 Å². The molecule has 0 aliphatic carbocycles. The molecule has 0 spiro atoms. The lowest BCUT2D eigenvalue weighted by atomic mass is 9.62. The van der Waals surface area contributed by atoms with Gasteiger partial charge in [-0.3, -0.25) is 9.69 Å². The molecule has 0 radical (unpaired) electrons. The van der Waals surface area contributed by atoms with E-state index in [4.69, 9.17) is 9.47 Å². The van der Waals surface area contributed by atoms with Crippen LogP contribution >= 0.6 is 0 Å². The fourth-order valence-electron chi connectivity index (χ4n) is 7.58. The second-order valence-corrected chi connectivity index (χ2v) is 12.4. The summed E-state index contributed by atoms with van der Waals surface area (Å²) in [4.78, 5) is 15.9. The monoisotopic (exact) mass is 593 g/mol. The Kier molecular flexibility index (Phi) is 11.3. The lowest BCUT2D eigenvalue weighted by molar-refractivity contribution is -0.154. The number of hydrogen-bond donors (Lipinski definition) is 1. The number of carbonyl (C=O) groups is 1. The molecule has 1 N–H and O–H groups in total. The van der Waals surface area contributed by atoms with Crippen molar-refractivity contribution in [3.8, 4) is 17.6 Å². The number of Topliss-reactive ketones (excluding diaryl/α,β-unsaturated/α-hetero) is 1. The quantitative estimate of drug-likeness (QED) is 0.262. The minimum absolute atomic E-state index is 0.0706. The Morgan fingerprint density at radius 2 is 1.61 bits per heavy atom. The number of methoxy groups -OCH3 is 2. The molecule has 0 bridgehead atoms. The van der Waals surface area contributed by atoms with Crippen LogP contribution in [0.25, 0.3) is 0 Å². The number of fused-ring (bicyclic) bond motifs is 1. The molecule has 0 saturated carbocycles. The number of benzene rings is 3. The number of aliphatic hydroxyl groups excluding tert-OH is 1. The first kappa shape index (κ1) is 32.0. The highest BCUT2D eigenvalue weighted by atomic mass is 16.5. The van der Waals surface area contributed by atoms with Crippen molar-refractivity contribution in [2.24, 2.45) is 5.92 Å². The Hall–Kier alpha value is -3.43. The third-order valence-corrected chi connectivity index (χ3v) is 9.78. The normalized spacial score (nSPS) is 23.8. The summed E-state index contributed by atoms with van der Waals surface area (Å²) in [6.45, 7) is 1.66. The number of ketones is 1. The Balaban J connectivity index is 1.25. The van der Waals surface area contributed by atoms with Crippen molar-refractivity contribution in [2.45, 2.75) is 75.3 Å². The summed E-state index contributed by atoms with van der Waals surface area (Å²) in [6, 6.07) is 26.8. The maximum Gasteiger partial charge on any atom is 0.135 e. The molecule has 2 fully saturated rings. The number of ether oxygens (including phenoxy) is 2. The van der Waals surface area contributed by atoms with E-state index >= 15 is 0 Å². The highest BCUT2D eigenvalue weighted by molar-refractivity contribution is 5.80. The molecule has 3 aromatic carbocycles. The van der Waals surface area contributed by atoms with Crippen LogP contribution in [0, 0.1) is 17.8 Å². The topological polar surface area (TPSA) is 59.0 Å². The summed E-state index contributed by atoms with van der Waals surface area (Å²) in [7, 11) is 3.46.